The van der Waals surface area contributed by atoms with E-state index in [4.69, 9.17) is 9.73 Å². The van der Waals surface area contributed by atoms with Crippen LogP contribution in [0.1, 0.15) is 31.4 Å². The molecular weight excluding hydrogens is 350 g/mol. The minimum Gasteiger partial charge on any atom is -0.481 e. The summed E-state index contributed by atoms with van der Waals surface area (Å²) in [7, 11) is 1.64. The maximum Gasteiger partial charge on any atom is 0.218 e. The number of ether oxygens (including phenoxy) is 1. The van der Waals surface area contributed by atoms with Gasteiger partial charge in [-0.2, -0.15) is 0 Å². The van der Waals surface area contributed by atoms with Crippen molar-refractivity contribution in [2.45, 2.75) is 45.4 Å². The zero-order chi connectivity index (χ0) is 19.8. The van der Waals surface area contributed by atoms with Gasteiger partial charge in [0.2, 0.25) is 5.88 Å². The zero-order valence-corrected chi connectivity index (χ0v) is 17.1. The van der Waals surface area contributed by atoms with E-state index in [-0.39, 0.29) is 0 Å². The van der Waals surface area contributed by atoms with Gasteiger partial charge in [0.25, 0.3) is 0 Å². The molecule has 2 unspecified atom stereocenters. The third kappa shape index (κ3) is 5.45. The average molecular weight is 382 g/mol. The maximum atomic E-state index is 5.33. The number of methoxy groups -OCH3 is 1. The van der Waals surface area contributed by atoms with Gasteiger partial charge < -0.3 is 15.4 Å². The van der Waals surface area contributed by atoms with E-state index in [2.05, 4.69) is 64.7 Å². The third-order valence-electron chi connectivity index (χ3n) is 5.07. The number of aliphatic imine (C=N–C) groups is 1. The summed E-state index contributed by atoms with van der Waals surface area (Å²) < 4.78 is 5.33. The molecule has 2 aromatic rings. The Morgan fingerprint density at radius 2 is 2.07 bits per heavy atom. The van der Waals surface area contributed by atoms with Crippen LogP contribution in [0.3, 0.4) is 0 Å². The molecule has 1 saturated heterocycles. The van der Waals surface area contributed by atoms with E-state index in [0.717, 1.165) is 37.6 Å². The first-order valence-corrected chi connectivity index (χ1v) is 10.00. The molecule has 1 aliphatic heterocycles. The van der Waals surface area contributed by atoms with Crippen LogP contribution in [0.15, 0.2) is 53.7 Å². The fraction of sp³-hybridized carbons (Fsp3) is 0.455. The molecule has 2 heterocycles. The number of hydrogen-bond acceptors (Lipinski definition) is 4. The molecule has 1 aliphatic rings. The van der Waals surface area contributed by atoms with E-state index in [1.165, 1.54) is 5.56 Å². The summed E-state index contributed by atoms with van der Waals surface area (Å²) in [5, 5.41) is 6.96. The zero-order valence-electron chi connectivity index (χ0n) is 17.1. The van der Waals surface area contributed by atoms with Crippen molar-refractivity contribution in [3.05, 3.63) is 59.8 Å². The van der Waals surface area contributed by atoms with E-state index < -0.39 is 0 Å². The van der Waals surface area contributed by atoms with Crippen LogP contribution in [-0.4, -0.2) is 48.1 Å². The molecule has 150 valence electrons. The SMILES string of the molecule is CCNC(=NCc1cccnc1OC)NC1CC(C)N(Cc2ccccc2)C1. The van der Waals surface area contributed by atoms with Crippen LogP contribution in [0.4, 0.5) is 0 Å². The highest BCUT2D eigenvalue weighted by Crippen LogP contribution is 2.20. The lowest BCUT2D eigenvalue weighted by Crippen LogP contribution is -2.44. The van der Waals surface area contributed by atoms with Crippen LogP contribution in [0.5, 0.6) is 5.88 Å². The smallest absolute Gasteiger partial charge is 0.218 e. The number of likely N-dealkylation sites (tertiary alicyclic amines) is 1. The van der Waals surface area contributed by atoms with E-state index in [1.54, 1.807) is 13.3 Å². The molecule has 1 aromatic carbocycles. The average Bonchev–Trinajstić information content (AvgIpc) is 3.06. The highest BCUT2D eigenvalue weighted by molar-refractivity contribution is 5.80. The first-order chi connectivity index (χ1) is 13.7. The number of hydrogen-bond donors (Lipinski definition) is 2. The van der Waals surface area contributed by atoms with Crippen molar-refractivity contribution in [3.8, 4) is 5.88 Å². The number of nitrogens with zero attached hydrogens (tertiary/aromatic N) is 3. The Morgan fingerprint density at radius 3 is 2.82 bits per heavy atom. The van der Waals surface area contributed by atoms with Crippen molar-refractivity contribution in [2.24, 2.45) is 4.99 Å². The van der Waals surface area contributed by atoms with Crippen LogP contribution >= 0.6 is 0 Å². The second-order valence-corrected chi connectivity index (χ2v) is 7.21. The molecule has 0 amide bonds. The second kappa shape index (κ2) is 10.1. The first kappa shape index (κ1) is 20.1. The van der Waals surface area contributed by atoms with Gasteiger partial charge in [-0.25, -0.2) is 9.98 Å². The summed E-state index contributed by atoms with van der Waals surface area (Å²) in [5.41, 5.74) is 2.34. The molecule has 0 radical (unpaired) electrons. The van der Waals surface area contributed by atoms with E-state index >= 15 is 0 Å². The summed E-state index contributed by atoms with van der Waals surface area (Å²) in [6.07, 6.45) is 2.84. The standard InChI is InChI=1S/C22H31N5O/c1-4-23-22(25-14-19-11-8-12-24-21(19)28-3)26-20-13-17(2)27(16-20)15-18-9-6-5-7-10-18/h5-12,17,20H,4,13-16H2,1-3H3,(H2,23,25,26). The van der Waals surface area contributed by atoms with Crippen molar-refractivity contribution in [3.63, 3.8) is 0 Å². The predicted octanol–water partition coefficient (Wildman–Crippen LogP) is 2.81. The van der Waals surface area contributed by atoms with Crippen molar-refractivity contribution in [1.82, 2.24) is 20.5 Å². The molecule has 0 spiro atoms. The lowest BCUT2D eigenvalue weighted by molar-refractivity contribution is 0.258. The molecule has 3 rings (SSSR count). The molecule has 6 heteroatoms. The number of pyridine rings is 1. The minimum atomic E-state index is 0.382. The van der Waals surface area contributed by atoms with Crippen LogP contribution in [0.2, 0.25) is 0 Å². The van der Waals surface area contributed by atoms with Crippen LogP contribution in [0.25, 0.3) is 0 Å². The maximum absolute atomic E-state index is 5.33. The Balaban J connectivity index is 1.61. The van der Waals surface area contributed by atoms with Crippen molar-refractivity contribution in [1.29, 1.82) is 0 Å². The monoisotopic (exact) mass is 381 g/mol. The minimum absolute atomic E-state index is 0.382. The molecule has 0 aliphatic carbocycles. The van der Waals surface area contributed by atoms with E-state index in [1.807, 2.05) is 12.1 Å². The van der Waals surface area contributed by atoms with Crippen molar-refractivity contribution < 1.29 is 4.74 Å². The van der Waals surface area contributed by atoms with Crippen LogP contribution in [0, 0.1) is 0 Å². The van der Waals surface area contributed by atoms with Gasteiger partial charge in [0.05, 0.1) is 13.7 Å². The van der Waals surface area contributed by atoms with Gasteiger partial charge in [0, 0.05) is 43.5 Å². The summed E-state index contributed by atoms with van der Waals surface area (Å²) in [6.45, 7) is 7.74. The third-order valence-corrected chi connectivity index (χ3v) is 5.07. The second-order valence-electron chi connectivity index (χ2n) is 7.21. The Labute approximate surface area is 168 Å². The van der Waals surface area contributed by atoms with Gasteiger partial charge in [-0.3, -0.25) is 4.90 Å². The largest absolute Gasteiger partial charge is 0.481 e. The highest BCUT2D eigenvalue weighted by atomic mass is 16.5. The number of guanidine groups is 1. The summed E-state index contributed by atoms with van der Waals surface area (Å²) >= 11 is 0. The molecule has 28 heavy (non-hydrogen) atoms. The number of aromatic nitrogens is 1. The van der Waals surface area contributed by atoms with Gasteiger partial charge in [0.15, 0.2) is 5.96 Å². The Hall–Kier alpha value is -2.60. The Bertz CT molecular complexity index is 765. The molecule has 0 bridgehead atoms. The predicted molar refractivity (Wildman–Crippen MR) is 113 cm³/mol. The fourth-order valence-electron chi connectivity index (χ4n) is 3.65. The Kier molecular flexibility index (Phi) is 7.25. The number of nitrogens with one attached hydrogen (secondary N) is 2. The molecule has 1 aromatic heterocycles. The van der Waals surface area contributed by atoms with Crippen LogP contribution in [-0.2, 0) is 13.1 Å². The van der Waals surface area contributed by atoms with Gasteiger partial charge in [-0.1, -0.05) is 36.4 Å². The lowest BCUT2D eigenvalue weighted by atomic mass is 10.2. The lowest BCUT2D eigenvalue weighted by Gasteiger charge is -2.21. The van der Waals surface area contributed by atoms with Crippen LogP contribution < -0.4 is 15.4 Å². The molecule has 0 saturated carbocycles. The van der Waals surface area contributed by atoms with Crippen molar-refractivity contribution >= 4 is 5.96 Å². The normalized spacial score (nSPS) is 20.2. The molecular formula is C22H31N5O. The van der Waals surface area contributed by atoms with Gasteiger partial charge >= 0.3 is 0 Å². The summed E-state index contributed by atoms with van der Waals surface area (Å²) in [5.74, 6) is 1.47. The molecule has 2 atom stereocenters. The molecule has 1 fully saturated rings. The topological polar surface area (TPSA) is 61.8 Å². The van der Waals surface area contributed by atoms with E-state index in [0.29, 0.717) is 24.5 Å². The summed E-state index contributed by atoms with van der Waals surface area (Å²) in [4.78, 5) is 11.5. The fourth-order valence-corrected chi connectivity index (χ4v) is 3.65. The van der Waals surface area contributed by atoms with E-state index in [9.17, 15) is 0 Å². The molecule has 6 nitrogen and oxygen atoms in total. The van der Waals surface area contributed by atoms with Gasteiger partial charge in [-0.15, -0.1) is 0 Å². The molecule has 2 N–H and O–H groups in total. The van der Waals surface area contributed by atoms with Crippen molar-refractivity contribution in [2.75, 3.05) is 20.2 Å². The first-order valence-electron chi connectivity index (χ1n) is 10.00. The van der Waals surface area contributed by atoms with Gasteiger partial charge in [-0.05, 0) is 31.9 Å². The summed E-state index contributed by atoms with van der Waals surface area (Å²) in [6, 6.07) is 15.5. The Morgan fingerprint density at radius 1 is 1.25 bits per heavy atom. The van der Waals surface area contributed by atoms with Gasteiger partial charge in [0.1, 0.15) is 0 Å². The quantitative estimate of drug-likeness (QED) is 0.570. The highest BCUT2D eigenvalue weighted by Gasteiger charge is 2.29. The number of benzene rings is 1. The number of rotatable bonds is 7.